The molecule has 0 bridgehead atoms. The zero-order valence-corrected chi connectivity index (χ0v) is 15.5. The highest BCUT2D eigenvalue weighted by atomic mass is 79.9. The molecule has 0 aliphatic rings. The van der Waals surface area contributed by atoms with Gasteiger partial charge >= 0.3 is 0 Å². The Balaban J connectivity index is 2.28. The van der Waals surface area contributed by atoms with Gasteiger partial charge in [-0.05, 0) is 42.8 Å². The predicted octanol–water partition coefficient (Wildman–Crippen LogP) is 2.91. The van der Waals surface area contributed by atoms with Crippen molar-refractivity contribution in [3.05, 3.63) is 64.3 Å². The first kappa shape index (κ1) is 17.2. The van der Waals surface area contributed by atoms with E-state index < -0.39 is 16.1 Å². The van der Waals surface area contributed by atoms with Crippen LogP contribution in [-0.4, -0.2) is 18.9 Å². The number of hydrogen-bond acceptors (Lipinski definition) is 4. The molecule has 0 amide bonds. The number of aryl methyl sites for hydroxylation is 1. The number of fused-ring (bicyclic) bond motifs is 1. The van der Waals surface area contributed by atoms with Crippen LogP contribution in [0.25, 0.3) is 10.9 Å². The van der Waals surface area contributed by atoms with Gasteiger partial charge in [0.25, 0.3) is 10.0 Å². The van der Waals surface area contributed by atoms with Crippen molar-refractivity contribution >= 4 is 36.9 Å². The minimum absolute atomic E-state index is 0.232. The Morgan fingerprint density at radius 3 is 2.46 bits per heavy atom. The van der Waals surface area contributed by atoms with Crippen LogP contribution in [0.1, 0.15) is 17.2 Å². The maximum absolute atomic E-state index is 13.0. The summed E-state index contributed by atoms with van der Waals surface area (Å²) in [5, 5.41) is 0.776. The molecule has 0 spiro atoms. The number of halogens is 1. The summed E-state index contributed by atoms with van der Waals surface area (Å²) in [4.78, 5) is 0.237. The van der Waals surface area contributed by atoms with E-state index in [0.717, 1.165) is 15.4 Å². The van der Waals surface area contributed by atoms with Gasteiger partial charge < -0.3 is 11.5 Å². The fourth-order valence-electron chi connectivity index (χ4n) is 2.64. The van der Waals surface area contributed by atoms with E-state index in [-0.39, 0.29) is 11.4 Å². The average Bonchev–Trinajstić information content (AvgIpc) is 2.94. The highest BCUT2D eigenvalue weighted by Crippen LogP contribution is 2.31. The first-order valence-electron chi connectivity index (χ1n) is 7.43. The number of benzene rings is 2. The molecular formula is C17H18BrN3O2S. The normalized spacial score (nSPS) is 13.3. The van der Waals surface area contributed by atoms with Gasteiger partial charge in [0.2, 0.25) is 0 Å². The molecule has 0 aliphatic heterocycles. The molecular weight excluding hydrogens is 390 g/mol. The Morgan fingerprint density at radius 1 is 1.17 bits per heavy atom. The second-order valence-electron chi connectivity index (χ2n) is 5.70. The molecule has 0 aliphatic carbocycles. The third-order valence-corrected chi connectivity index (χ3v) is 6.18. The van der Waals surface area contributed by atoms with Crippen molar-refractivity contribution in [3.63, 3.8) is 0 Å². The lowest BCUT2D eigenvalue weighted by atomic mass is 10.1. The Kier molecular flexibility index (Phi) is 4.52. The van der Waals surface area contributed by atoms with Gasteiger partial charge in [0.05, 0.1) is 10.4 Å². The van der Waals surface area contributed by atoms with Crippen LogP contribution in [0, 0.1) is 6.92 Å². The maximum atomic E-state index is 13.0. The van der Waals surface area contributed by atoms with Crippen LogP contribution in [-0.2, 0) is 10.0 Å². The lowest BCUT2D eigenvalue weighted by Crippen LogP contribution is -2.20. The molecule has 0 saturated heterocycles. The van der Waals surface area contributed by atoms with Gasteiger partial charge in [-0.2, -0.15) is 0 Å². The van der Waals surface area contributed by atoms with E-state index in [9.17, 15) is 8.42 Å². The van der Waals surface area contributed by atoms with Gasteiger partial charge in [-0.1, -0.05) is 33.6 Å². The summed E-state index contributed by atoms with van der Waals surface area (Å²) in [6.07, 6.45) is 1.57. The van der Waals surface area contributed by atoms with Crippen molar-refractivity contribution in [2.45, 2.75) is 17.9 Å². The first-order valence-corrected chi connectivity index (χ1v) is 9.66. The third-order valence-electron chi connectivity index (χ3n) is 3.99. The molecule has 7 heteroatoms. The summed E-state index contributed by atoms with van der Waals surface area (Å²) in [6, 6.07) is 11.8. The summed E-state index contributed by atoms with van der Waals surface area (Å²) in [5.41, 5.74) is 14.1. The largest absolute Gasteiger partial charge is 0.329 e. The molecule has 2 aromatic carbocycles. The second kappa shape index (κ2) is 6.33. The quantitative estimate of drug-likeness (QED) is 0.695. The zero-order valence-electron chi connectivity index (χ0n) is 13.1. The van der Waals surface area contributed by atoms with E-state index in [1.807, 2.05) is 13.0 Å². The average molecular weight is 408 g/mol. The van der Waals surface area contributed by atoms with Crippen molar-refractivity contribution in [3.8, 4) is 0 Å². The molecule has 5 nitrogen and oxygen atoms in total. The van der Waals surface area contributed by atoms with Crippen molar-refractivity contribution in [1.29, 1.82) is 0 Å². The van der Waals surface area contributed by atoms with Crippen molar-refractivity contribution < 1.29 is 8.42 Å². The van der Waals surface area contributed by atoms with Crippen molar-refractivity contribution in [1.82, 2.24) is 3.97 Å². The Labute approximate surface area is 149 Å². The summed E-state index contributed by atoms with van der Waals surface area (Å²) >= 11 is 3.42. The Morgan fingerprint density at radius 2 is 1.83 bits per heavy atom. The molecule has 24 heavy (non-hydrogen) atoms. The highest BCUT2D eigenvalue weighted by molar-refractivity contribution is 9.10. The van der Waals surface area contributed by atoms with E-state index >= 15 is 0 Å². The summed E-state index contributed by atoms with van der Waals surface area (Å²) in [5.74, 6) is 0. The zero-order chi connectivity index (χ0) is 17.5. The first-order chi connectivity index (χ1) is 11.3. The standard InChI is InChI=1S/C17H18BrN3O2S/c1-11-2-5-13(6-3-11)24(22,23)21-10-15(16(20)9-19)14-8-12(18)4-7-17(14)21/h2-8,10,16H,9,19-20H2,1H3. The summed E-state index contributed by atoms with van der Waals surface area (Å²) < 4.78 is 28.2. The van der Waals surface area contributed by atoms with E-state index in [4.69, 9.17) is 11.5 Å². The van der Waals surface area contributed by atoms with E-state index in [0.29, 0.717) is 11.1 Å². The molecule has 1 unspecified atom stereocenters. The van der Waals surface area contributed by atoms with Gasteiger partial charge in [-0.15, -0.1) is 0 Å². The monoisotopic (exact) mass is 407 g/mol. The van der Waals surface area contributed by atoms with Crippen molar-refractivity contribution in [2.24, 2.45) is 11.5 Å². The van der Waals surface area contributed by atoms with Crippen LogP contribution in [0.4, 0.5) is 0 Å². The van der Waals surface area contributed by atoms with Crippen LogP contribution in [0.15, 0.2) is 58.0 Å². The second-order valence-corrected chi connectivity index (χ2v) is 8.43. The third kappa shape index (κ3) is 2.88. The van der Waals surface area contributed by atoms with Gasteiger partial charge in [0, 0.05) is 28.6 Å². The van der Waals surface area contributed by atoms with E-state index in [2.05, 4.69) is 15.9 Å². The van der Waals surface area contributed by atoms with Crippen LogP contribution in [0.2, 0.25) is 0 Å². The molecule has 1 aromatic heterocycles. The highest BCUT2D eigenvalue weighted by Gasteiger charge is 2.23. The van der Waals surface area contributed by atoms with Crippen LogP contribution < -0.4 is 11.5 Å². The lowest BCUT2D eigenvalue weighted by molar-refractivity contribution is 0.588. The molecule has 1 atom stereocenters. The Bertz CT molecular complexity index is 995. The number of nitrogens with two attached hydrogens (primary N) is 2. The molecule has 1 heterocycles. The number of hydrogen-bond donors (Lipinski definition) is 2. The molecule has 0 fully saturated rings. The molecule has 0 saturated carbocycles. The van der Waals surface area contributed by atoms with E-state index in [1.165, 1.54) is 3.97 Å². The van der Waals surface area contributed by atoms with Gasteiger partial charge in [-0.25, -0.2) is 12.4 Å². The molecule has 0 radical (unpaired) electrons. The number of nitrogens with zero attached hydrogens (tertiary/aromatic N) is 1. The van der Waals surface area contributed by atoms with Crippen LogP contribution in [0.3, 0.4) is 0 Å². The SMILES string of the molecule is Cc1ccc(S(=O)(=O)n2cc(C(N)CN)c3cc(Br)ccc32)cc1. The number of aromatic nitrogens is 1. The summed E-state index contributed by atoms with van der Waals surface area (Å²) in [7, 11) is -3.71. The van der Waals surface area contributed by atoms with Crippen molar-refractivity contribution in [2.75, 3.05) is 6.54 Å². The smallest absolute Gasteiger partial charge is 0.268 e. The van der Waals surface area contributed by atoms with E-state index in [1.54, 1.807) is 42.6 Å². The van der Waals surface area contributed by atoms with Crippen LogP contribution >= 0.6 is 15.9 Å². The minimum atomic E-state index is -3.71. The molecule has 4 N–H and O–H groups in total. The fourth-order valence-corrected chi connectivity index (χ4v) is 4.38. The minimum Gasteiger partial charge on any atom is -0.329 e. The van der Waals surface area contributed by atoms with Crippen LogP contribution in [0.5, 0.6) is 0 Å². The van der Waals surface area contributed by atoms with Gasteiger partial charge in [0.15, 0.2) is 0 Å². The predicted molar refractivity (Wildman–Crippen MR) is 99.4 cm³/mol. The fraction of sp³-hybridized carbons (Fsp3) is 0.176. The van der Waals surface area contributed by atoms with Gasteiger partial charge in [0.1, 0.15) is 0 Å². The summed E-state index contributed by atoms with van der Waals surface area (Å²) in [6.45, 7) is 2.15. The Hall–Kier alpha value is -1.67. The molecule has 3 rings (SSSR count). The molecule has 126 valence electrons. The molecule has 3 aromatic rings. The maximum Gasteiger partial charge on any atom is 0.268 e. The number of rotatable bonds is 4. The topological polar surface area (TPSA) is 91.1 Å². The van der Waals surface area contributed by atoms with Gasteiger partial charge in [-0.3, -0.25) is 0 Å². The lowest BCUT2D eigenvalue weighted by Gasteiger charge is -2.08.